The monoisotopic (exact) mass is 240 g/mol. The average molecular weight is 240 g/mol. The van der Waals surface area contributed by atoms with Gasteiger partial charge >= 0.3 is 0 Å². The van der Waals surface area contributed by atoms with Crippen LogP contribution in [-0.2, 0) is 24.5 Å². The molecule has 0 spiro atoms. The highest BCUT2D eigenvalue weighted by Gasteiger charge is 2.30. The summed E-state index contributed by atoms with van der Waals surface area (Å²) in [5.74, 6) is -2.89. The first kappa shape index (κ1) is 11.6. The molecule has 0 aromatic heterocycles. The van der Waals surface area contributed by atoms with E-state index in [0.717, 1.165) is 0 Å². The summed E-state index contributed by atoms with van der Waals surface area (Å²) >= 11 is 0. The smallest absolute Gasteiger partial charge is 0.162 e. The molecular weight excluding hydrogens is 228 g/mol. The summed E-state index contributed by atoms with van der Waals surface area (Å²) in [5, 5.41) is 0. The Labute approximate surface area is 83.3 Å². The first-order chi connectivity index (χ1) is 6.20. The summed E-state index contributed by atoms with van der Waals surface area (Å²) in [6.07, 6.45) is 0. The molecule has 7 heteroatoms. The van der Waals surface area contributed by atoms with Gasteiger partial charge in [-0.15, -0.1) is 0 Å². The van der Waals surface area contributed by atoms with E-state index in [0.29, 0.717) is 0 Å². The predicted molar refractivity (Wildman–Crippen MR) is 51.5 cm³/mol. The maximum absolute atomic E-state index is 11.2. The van der Waals surface area contributed by atoms with Crippen LogP contribution in [0.3, 0.4) is 0 Å². The van der Waals surface area contributed by atoms with Crippen LogP contribution < -0.4 is 0 Å². The molecule has 0 amide bonds. The summed E-state index contributed by atoms with van der Waals surface area (Å²) in [4.78, 5) is 11.0. The van der Waals surface area contributed by atoms with Crippen molar-refractivity contribution in [1.82, 2.24) is 0 Å². The molecule has 0 aromatic carbocycles. The van der Waals surface area contributed by atoms with E-state index in [2.05, 4.69) is 0 Å². The minimum Gasteiger partial charge on any atom is -0.297 e. The number of ketones is 1. The maximum atomic E-state index is 11.2. The highest BCUT2D eigenvalue weighted by Crippen LogP contribution is 2.11. The molecule has 82 valence electrons. The van der Waals surface area contributed by atoms with Crippen molar-refractivity contribution < 1.29 is 21.6 Å². The lowest BCUT2D eigenvalue weighted by atomic mass is 10.3. The number of carbonyl (C=O) groups is 1. The molecule has 1 heterocycles. The molecular formula is C7H12O5S2. The minimum atomic E-state index is -3.41. The second-order valence-corrected chi connectivity index (χ2v) is 7.97. The molecule has 0 unspecified atom stereocenters. The third-order valence-corrected chi connectivity index (χ3v) is 5.52. The van der Waals surface area contributed by atoms with Gasteiger partial charge in [0.25, 0.3) is 0 Å². The summed E-state index contributed by atoms with van der Waals surface area (Å²) < 4.78 is 45.0. The number of hydrogen-bond donors (Lipinski definition) is 0. The zero-order valence-corrected chi connectivity index (χ0v) is 9.40. The largest absolute Gasteiger partial charge is 0.297 e. The highest BCUT2D eigenvalue weighted by atomic mass is 32.2. The van der Waals surface area contributed by atoms with Crippen LogP contribution in [0.15, 0.2) is 0 Å². The van der Waals surface area contributed by atoms with Gasteiger partial charge in [-0.25, -0.2) is 16.8 Å². The van der Waals surface area contributed by atoms with Crippen molar-refractivity contribution in [3.8, 4) is 0 Å². The van der Waals surface area contributed by atoms with E-state index in [9.17, 15) is 21.6 Å². The van der Waals surface area contributed by atoms with Gasteiger partial charge in [-0.1, -0.05) is 6.92 Å². The van der Waals surface area contributed by atoms with Crippen LogP contribution >= 0.6 is 0 Å². The maximum Gasteiger partial charge on any atom is 0.162 e. The molecule has 0 saturated carbocycles. The van der Waals surface area contributed by atoms with Crippen molar-refractivity contribution in [2.75, 3.05) is 23.0 Å². The van der Waals surface area contributed by atoms with Gasteiger partial charge in [-0.05, 0) is 5.92 Å². The molecule has 0 atom stereocenters. The van der Waals surface area contributed by atoms with Gasteiger partial charge < -0.3 is 0 Å². The van der Waals surface area contributed by atoms with Crippen molar-refractivity contribution in [3.05, 3.63) is 0 Å². The van der Waals surface area contributed by atoms with Crippen LogP contribution in [0.25, 0.3) is 0 Å². The molecule has 1 saturated heterocycles. The second kappa shape index (κ2) is 3.62. The number of Topliss-reactive ketones (excluding diaryl/α,β-unsaturated/α-hetero) is 1. The molecule has 0 aliphatic carbocycles. The average Bonchev–Trinajstić information content (AvgIpc) is 1.74. The summed E-state index contributed by atoms with van der Waals surface area (Å²) in [7, 11) is -6.81. The van der Waals surface area contributed by atoms with Gasteiger partial charge in [0.05, 0.1) is 11.5 Å². The number of hydrogen-bond acceptors (Lipinski definition) is 5. The van der Waals surface area contributed by atoms with E-state index in [1.807, 2.05) is 0 Å². The van der Waals surface area contributed by atoms with Gasteiger partial charge in [-0.2, -0.15) is 0 Å². The van der Waals surface area contributed by atoms with Crippen LogP contribution in [-0.4, -0.2) is 45.6 Å². The lowest BCUT2D eigenvalue weighted by Crippen LogP contribution is -2.34. The van der Waals surface area contributed by atoms with Gasteiger partial charge in [-0.3, -0.25) is 4.79 Å². The summed E-state index contributed by atoms with van der Waals surface area (Å²) in [5.41, 5.74) is 0. The van der Waals surface area contributed by atoms with Crippen LogP contribution in [0.4, 0.5) is 0 Å². The number of rotatable bonds is 0. The molecule has 1 fully saturated rings. The second-order valence-electron chi connectivity index (χ2n) is 3.75. The van der Waals surface area contributed by atoms with Crippen LogP contribution in [0, 0.1) is 5.92 Å². The van der Waals surface area contributed by atoms with Crippen molar-refractivity contribution in [3.63, 3.8) is 0 Å². The molecule has 1 rings (SSSR count). The standard InChI is InChI=1S/C7H12O5S2/c1-6-2-13(9,10)4-7(8)5-14(11,12)3-6/h6H,2-5H2,1H3. The lowest BCUT2D eigenvalue weighted by Gasteiger charge is -2.15. The number of sulfone groups is 2. The van der Waals surface area contributed by atoms with Crippen molar-refractivity contribution in [1.29, 1.82) is 0 Å². The third kappa shape index (κ3) is 3.38. The van der Waals surface area contributed by atoms with Crippen molar-refractivity contribution in [2.24, 2.45) is 5.92 Å². The van der Waals surface area contributed by atoms with Gasteiger partial charge in [0, 0.05) is 0 Å². The molecule has 0 N–H and O–H groups in total. The Morgan fingerprint density at radius 2 is 1.36 bits per heavy atom. The molecule has 0 aromatic rings. The predicted octanol–water partition coefficient (Wildman–Crippen LogP) is -0.965. The molecule has 0 bridgehead atoms. The first-order valence-electron chi connectivity index (χ1n) is 4.13. The van der Waals surface area contributed by atoms with Crippen LogP contribution in [0.1, 0.15) is 6.92 Å². The Bertz CT molecular complexity index is 391. The fourth-order valence-corrected chi connectivity index (χ4v) is 5.23. The first-order valence-corrected chi connectivity index (χ1v) is 7.77. The topological polar surface area (TPSA) is 85.3 Å². The fourth-order valence-electron chi connectivity index (χ4n) is 1.57. The Balaban J connectivity index is 2.99. The third-order valence-electron chi connectivity index (χ3n) is 1.84. The van der Waals surface area contributed by atoms with Gasteiger partial charge in [0.2, 0.25) is 0 Å². The molecule has 1 aliphatic heterocycles. The van der Waals surface area contributed by atoms with E-state index in [4.69, 9.17) is 0 Å². The highest BCUT2D eigenvalue weighted by molar-refractivity contribution is 7.94. The quantitative estimate of drug-likeness (QED) is 0.544. The number of carbonyl (C=O) groups excluding carboxylic acids is 1. The zero-order chi connectivity index (χ0) is 11.0. The minimum absolute atomic E-state index is 0.224. The van der Waals surface area contributed by atoms with E-state index in [1.165, 1.54) is 0 Å². The van der Waals surface area contributed by atoms with Gasteiger partial charge in [0.1, 0.15) is 11.5 Å². The lowest BCUT2D eigenvalue weighted by molar-refractivity contribution is -0.114. The molecule has 14 heavy (non-hydrogen) atoms. The van der Waals surface area contributed by atoms with Gasteiger partial charge in [0.15, 0.2) is 25.5 Å². The summed E-state index contributed by atoms with van der Waals surface area (Å²) in [6, 6.07) is 0. The van der Waals surface area contributed by atoms with Crippen molar-refractivity contribution in [2.45, 2.75) is 6.92 Å². The summed E-state index contributed by atoms with van der Waals surface area (Å²) in [6.45, 7) is 1.56. The Morgan fingerprint density at radius 3 is 1.71 bits per heavy atom. The molecule has 1 aliphatic rings. The normalized spacial score (nSPS) is 27.9. The van der Waals surface area contributed by atoms with E-state index < -0.39 is 42.9 Å². The molecule has 5 nitrogen and oxygen atoms in total. The van der Waals surface area contributed by atoms with Crippen molar-refractivity contribution >= 4 is 25.5 Å². The van der Waals surface area contributed by atoms with E-state index >= 15 is 0 Å². The van der Waals surface area contributed by atoms with E-state index in [-0.39, 0.29) is 11.5 Å². The Hall–Kier alpha value is -0.430. The van der Waals surface area contributed by atoms with Crippen LogP contribution in [0.5, 0.6) is 0 Å². The van der Waals surface area contributed by atoms with Crippen LogP contribution in [0.2, 0.25) is 0 Å². The zero-order valence-electron chi connectivity index (χ0n) is 7.76. The van der Waals surface area contributed by atoms with E-state index in [1.54, 1.807) is 6.92 Å². The molecule has 0 radical (unpaired) electrons. The Morgan fingerprint density at radius 1 is 1.00 bits per heavy atom. The SMILES string of the molecule is CC1CS(=O)(=O)CC(=O)CS(=O)(=O)C1. The fraction of sp³-hybridized carbons (Fsp3) is 0.857. The Kier molecular flexibility index (Phi) is 3.01.